The Hall–Kier alpha value is -4.10. The van der Waals surface area contributed by atoms with Gasteiger partial charge in [-0.15, -0.1) is 0 Å². The maximum Gasteiger partial charge on any atom is 0.262 e. The Morgan fingerprint density at radius 2 is 1.54 bits per heavy atom. The lowest BCUT2D eigenvalue weighted by atomic mass is 10.1. The first kappa shape index (κ1) is 22.7. The number of nitrogens with one attached hydrogen (secondary N) is 2. The minimum atomic E-state index is -3.90. The second kappa shape index (κ2) is 8.60. The molecule has 5 aromatic rings. The summed E-state index contributed by atoms with van der Waals surface area (Å²) in [6.07, 6.45) is 0. The van der Waals surface area contributed by atoms with Gasteiger partial charge < -0.3 is 9.73 Å². The molecule has 7 heteroatoms. The van der Waals surface area contributed by atoms with Crippen LogP contribution in [0.1, 0.15) is 27.0 Å². The molecule has 4 aromatic carbocycles. The number of carbonyl (C=O) groups is 1. The first-order chi connectivity index (χ1) is 16.7. The molecule has 5 rings (SSSR count). The van der Waals surface area contributed by atoms with Gasteiger partial charge in [-0.3, -0.25) is 9.52 Å². The lowest BCUT2D eigenvalue weighted by Crippen LogP contribution is -2.17. The molecular weight excluding hydrogens is 460 g/mol. The summed E-state index contributed by atoms with van der Waals surface area (Å²) in [5, 5.41) is 4.81. The summed E-state index contributed by atoms with van der Waals surface area (Å²) in [4.78, 5) is 13.1. The minimum Gasteiger partial charge on any atom is -0.456 e. The van der Waals surface area contributed by atoms with Gasteiger partial charge in [-0.1, -0.05) is 42.0 Å². The molecular formula is C28H24N2O4S. The smallest absolute Gasteiger partial charge is 0.262 e. The van der Waals surface area contributed by atoms with Gasteiger partial charge in [0.1, 0.15) is 11.2 Å². The van der Waals surface area contributed by atoms with E-state index in [2.05, 4.69) is 10.0 Å². The monoisotopic (exact) mass is 484 g/mol. The zero-order valence-corrected chi connectivity index (χ0v) is 20.4. The number of rotatable bonds is 5. The van der Waals surface area contributed by atoms with Crippen LogP contribution in [0, 0.1) is 20.8 Å². The third-order valence-corrected chi connectivity index (χ3v) is 7.51. The fourth-order valence-electron chi connectivity index (χ4n) is 4.17. The number of amides is 1. The average Bonchev–Trinajstić information content (AvgIpc) is 3.19. The third kappa shape index (κ3) is 4.38. The number of carbonyl (C=O) groups excluding carboxylic acids is 1. The van der Waals surface area contributed by atoms with Crippen LogP contribution in [0.3, 0.4) is 0 Å². The lowest BCUT2D eigenvalue weighted by Gasteiger charge is -2.14. The fourth-order valence-corrected chi connectivity index (χ4v) is 5.57. The zero-order valence-electron chi connectivity index (χ0n) is 19.5. The maximum absolute atomic E-state index is 13.2. The molecule has 0 aliphatic rings. The van der Waals surface area contributed by atoms with Crippen molar-refractivity contribution in [1.82, 2.24) is 0 Å². The Morgan fingerprint density at radius 3 is 2.34 bits per heavy atom. The van der Waals surface area contributed by atoms with Crippen molar-refractivity contribution in [3.63, 3.8) is 0 Å². The van der Waals surface area contributed by atoms with E-state index < -0.39 is 15.9 Å². The molecule has 176 valence electrons. The number of fused-ring (bicyclic) bond motifs is 3. The molecule has 1 aromatic heterocycles. The van der Waals surface area contributed by atoms with E-state index in [0.29, 0.717) is 22.5 Å². The van der Waals surface area contributed by atoms with Crippen LogP contribution >= 0.6 is 0 Å². The van der Waals surface area contributed by atoms with Gasteiger partial charge in [-0.05, 0) is 68.3 Å². The second-order valence-electron chi connectivity index (χ2n) is 8.67. The minimum absolute atomic E-state index is 0.0536. The fraction of sp³-hybridized carbons (Fsp3) is 0.107. The summed E-state index contributed by atoms with van der Waals surface area (Å²) in [7, 11) is -3.90. The summed E-state index contributed by atoms with van der Waals surface area (Å²) >= 11 is 0. The second-order valence-corrected chi connectivity index (χ2v) is 10.3. The molecule has 6 nitrogen and oxygen atoms in total. The molecule has 0 radical (unpaired) electrons. The Balaban J connectivity index is 1.42. The van der Waals surface area contributed by atoms with Crippen molar-refractivity contribution in [2.24, 2.45) is 0 Å². The number of para-hydroxylation sites is 1. The molecule has 0 atom stereocenters. The third-order valence-electron chi connectivity index (χ3n) is 6.00. The Bertz CT molecular complexity index is 1720. The van der Waals surface area contributed by atoms with Crippen LogP contribution in [0.5, 0.6) is 0 Å². The van der Waals surface area contributed by atoms with E-state index in [1.165, 1.54) is 6.07 Å². The highest BCUT2D eigenvalue weighted by Crippen LogP contribution is 2.30. The van der Waals surface area contributed by atoms with Gasteiger partial charge in [-0.2, -0.15) is 0 Å². The van der Waals surface area contributed by atoms with Crippen molar-refractivity contribution in [2.75, 3.05) is 10.0 Å². The Labute approximate surface area is 203 Å². The predicted molar refractivity (Wildman–Crippen MR) is 140 cm³/mol. The van der Waals surface area contributed by atoms with Crippen LogP contribution in [0.25, 0.3) is 21.9 Å². The number of furan rings is 1. The van der Waals surface area contributed by atoms with Crippen LogP contribution in [-0.2, 0) is 10.0 Å². The molecule has 0 unspecified atom stereocenters. The summed E-state index contributed by atoms with van der Waals surface area (Å²) in [5.74, 6) is -0.413. The Morgan fingerprint density at radius 1 is 0.771 bits per heavy atom. The van der Waals surface area contributed by atoms with Gasteiger partial charge in [0.05, 0.1) is 10.6 Å². The molecule has 0 aliphatic heterocycles. The largest absolute Gasteiger partial charge is 0.456 e. The number of aryl methyl sites for hydroxylation is 3. The molecule has 0 saturated carbocycles. The molecule has 35 heavy (non-hydrogen) atoms. The van der Waals surface area contributed by atoms with Gasteiger partial charge in [-0.25, -0.2) is 8.42 Å². The predicted octanol–water partition coefficient (Wildman–Crippen LogP) is 6.56. The van der Waals surface area contributed by atoms with Crippen molar-refractivity contribution in [3.8, 4) is 0 Å². The zero-order chi connectivity index (χ0) is 24.7. The van der Waals surface area contributed by atoms with E-state index in [9.17, 15) is 13.2 Å². The molecule has 0 aliphatic carbocycles. The average molecular weight is 485 g/mol. The van der Waals surface area contributed by atoms with Crippen LogP contribution < -0.4 is 10.0 Å². The maximum atomic E-state index is 13.2. The normalized spacial score (nSPS) is 11.6. The number of sulfonamides is 1. The van der Waals surface area contributed by atoms with E-state index >= 15 is 0 Å². The van der Waals surface area contributed by atoms with E-state index in [4.69, 9.17) is 4.42 Å². The van der Waals surface area contributed by atoms with Gasteiger partial charge in [0, 0.05) is 28.1 Å². The van der Waals surface area contributed by atoms with Crippen molar-refractivity contribution in [3.05, 3.63) is 101 Å². The summed E-state index contributed by atoms with van der Waals surface area (Å²) < 4.78 is 34.9. The van der Waals surface area contributed by atoms with Crippen molar-refractivity contribution in [2.45, 2.75) is 25.7 Å². The Kier molecular flexibility index (Phi) is 5.57. The van der Waals surface area contributed by atoms with Gasteiger partial charge >= 0.3 is 0 Å². The van der Waals surface area contributed by atoms with Crippen molar-refractivity contribution >= 4 is 49.2 Å². The highest BCUT2D eigenvalue weighted by atomic mass is 32.2. The standard InChI is InChI=1S/C28H24N2O4S/c1-17-8-13-24(19(3)14-17)30-35(32,33)27-15-20(10-9-18(27)2)28(31)29-21-11-12-23-22-6-4-5-7-25(22)34-26(23)16-21/h4-16,30H,1-3H3,(H,29,31). The topological polar surface area (TPSA) is 88.4 Å². The summed E-state index contributed by atoms with van der Waals surface area (Å²) in [5.41, 5.74) is 5.14. The van der Waals surface area contributed by atoms with Crippen LogP contribution in [0.15, 0.2) is 88.2 Å². The molecule has 1 amide bonds. The van der Waals surface area contributed by atoms with Gasteiger partial charge in [0.2, 0.25) is 0 Å². The van der Waals surface area contributed by atoms with E-state index in [1.807, 2.05) is 56.3 Å². The SMILES string of the molecule is Cc1ccc(NS(=O)(=O)c2cc(C(=O)Nc3ccc4c(c3)oc3ccccc34)ccc2C)c(C)c1. The van der Waals surface area contributed by atoms with E-state index in [0.717, 1.165) is 27.5 Å². The van der Waals surface area contributed by atoms with Crippen LogP contribution in [-0.4, -0.2) is 14.3 Å². The van der Waals surface area contributed by atoms with Gasteiger partial charge in [0.25, 0.3) is 15.9 Å². The van der Waals surface area contributed by atoms with Crippen molar-refractivity contribution < 1.29 is 17.6 Å². The summed E-state index contributed by atoms with van der Waals surface area (Å²) in [6.45, 7) is 5.50. The number of hydrogen-bond donors (Lipinski definition) is 2. The first-order valence-electron chi connectivity index (χ1n) is 11.1. The molecule has 0 fully saturated rings. The molecule has 0 spiro atoms. The number of benzene rings is 4. The lowest BCUT2D eigenvalue weighted by molar-refractivity contribution is 0.102. The van der Waals surface area contributed by atoms with E-state index in [-0.39, 0.29) is 10.5 Å². The quantitative estimate of drug-likeness (QED) is 0.295. The molecule has 2 N–H and O–H groups in total. The summed E-state index contributed by atoms with van der Waals surface area (Å²) in [6, 6.07) is 23.3. The molecule has 1 heterocycles. The van der Waals surface area contributed by atoms with Gasteiger partial charge in [0.15, 0.2) is 0 Å². The number of hydrogen-bond acceptors (Lipinski definition) is 4. The molecule has 0 saturated heterocycles. The number of anilines is 2. The van der Waals surface area contributed by atoms with Crippen LogP contribution in [0.2, 0.25) is 0 Å². The van der Waals surface area contributed by atoms with Crippen molar-refractivity contribution in [1.29, 1.82) is 0 Å². The van der Waals surface area contributed by atoms with Crippen LogP contribution in [0.4, 0.5) is 11.4 Å². The molecule has 0 bridgehead atoms. The highest BCUT2D eigenvalue weighted by Gasteiger charge is 2.20. The first-order valence-corrected chi connectivity index (χ1v) is 12.6. The highest BCUT2D eigenvalue weighted by molar-refractivity contribution is 7.92. The van der Waals surface area contributed by atoms with E-state index in [1.54, 1.807) is 37.3 Å².